The Morgan fingerprint density at radius 3 is 0.674 bits per heavy atom. The van der Waals surface area contributed by atoms with E-state index in [9.17, 15) is 0 Å². The third kappa shape index (κ3) is 41.2. The van der Waals surface area contributed by atoms with Gasteiger partial charge in [0.1, 0.15) is 24.4 Å². The molecule has 3 saturated heterocycles. The first-order chi connectivity index (χ1) is 42.5. The molecule has 4 atom stereocenters. The summed E-state index contributed by atoms with van der Waals surface area (Å²) in [5, 5.41) is 0. The number of fused-ring (bicyclic) bond motifs is 3. The van der Waals surface area contributed by atoms with E-state index in [2.05, 4.69) is 137 Å². The van der Waals surface area contributed by atoms with Crippen LogP contribution in [0, 0.1) is 0 Å². The summed E-state index contributed by atoms with van der Waals surface area (Å²) in [4.78, 5) is 2.48. The molecule has 0 unspecified atom stereocenters. The smallest absolute Gasteiger partial charge is 0.169 e. The van der Waals surface area contributed by atoms with Crippen LogP contribution in [-0.4, -0.2) is 61.0 Å². The van der Waals surface area contributed by atoms with Gasteiger partial charge in [-0.2, -0.15) is 0 Å². The fourth-order valence-electron chi connectivity index (χ4n) is 13.2. The molecule has 0 spiro atoms. The van der Waals surface area contributed by atoms with E-state index in [-0.39, 0.29) is 24.4 Å². The van der Waals surface area contributed by atoms with Crippen LogP contribution < -0.4 is 0 Å². The van der Waals surface area contributed by atoms with E-state index < -0.39 is 11.6 Å². The summed E-state index contributed by atoms with van der Waals surface area (Å²) in [6, 6.07) is 0. The van der Waals surface area contributed by atoms with Gasteiger partial charge in [-0.3, -0.25) is 0 Å². The standard InChI is InChI=1S/C81H143NO4/c1-6-10-14-18-22-26-30-34-38-42-46-50-54-58-62-66-70-80(71-67-63-59-55-51-47-43-39-35-31-27-23-19-15-11-7-2)83-76-74-82(5)75-77-79(78(76)85-80)86-81(84-77,72-68-64-60-56-52-48-44-40-36-32-28-24-20-16-12-8-3)73-69-65-61-57-53-49-45-41-37-33-29-25-21-17-13-9-4/h22-29,34-41,76-79H,6-21,30-33,42-75H2,1-5H3/t76-,77-,78-,79-,80?,81?/m1/s1. The van der Waals surface area contributed by atoms with Gasteiger partial charge in [0, 0.05) is 38.8 Å². The van der Waals surface area contributed by atoms with Crippen molar-refractivity contribution >= 4 is 0 Å². The van der Waals surface area contributed by atoms with Crippen LogP contribution in [0.4, 0.5) is 0 Å². The zero-order chi connectivity index (χ0) is 61.2. The van der Waals surface area contributed by atoms with Crippen molar-refractivity contribution < 1.29 is 18.9 Å². The number of likely N-dealkylation sites (tertiary alicyclic amines) is 1. The largest absolute Gasteiger partial charge is 0.343 e. The molecule has 0 aromatic heterocycles. The highest BCUT2D eigenvalue weighted by atomic mass is 16.8. The average molecular weight is 1200 g/mol. The second kappa shape index (κ2) is 56.7. The maximum atomic E-state index is 7.51. The van der Waals surface area contributed by atoms with Crippen LogP contribution in [0.15, 0.2) is 97.2 Å². The molecule has 0 N–H and O–H groups in total. The SMILES string of the molecule is CCCCCC=CCC=CCCCCCCCCC1(CCCCCCCCC=CCC=CCCCCC)O[C@H]2[C@@H]3OC(CCCCCCCCC=CCC=CCCCCC)(CCCCCCCCC=CCC=CCCCCC)O[C@@H]3CN(C)C[C@H]2O1. The van der Waals surface area contributed by atoms with Gasteiger partial charge < -0.3 is 23.8 Å². The molecule has 0 saturated carbocycles. The van der Waals surface area contributed by atoms with E-state index in [1.807, 2.05) is 0 Å². The summed E-state index contributed by atoms with van der Waals surface area (Å²) >= 11 is 0. The molecular formula is C81H143NO4. The maximum absolute atomic E-state index is 7.51. The zero-order valence-corrected chi connectivity index (χ0v) is 57.8. The van der Waals surface area contributed by atoms with Crippen LogP contribution in [0.25, 0.3) is 0 Å². The highest BCUT2D eigenvalue weighted by Crippen LogP contribution is 2.47. The van der Waals surface area contributed by atoms with Gasteiger partial charge in [-0.25, -0.2) is 0 Å². The summed E-state index contributed by atoms with van der Waals surface area (Å²) in [5.74, 6) is -1.06. The van der Waals surface area contributed by atoms with Gasteiger partial charge in [-0.1, -0.05) is 279 Å². The van der Waals surface area contributed by atoms with Crippen LogP contribution in [-0.2, 0) is 18.9 Å². The number of likely N-dealkylation sites (N-methyl/N-ethyl adjacent to an activating group) is 1. The molecule has 3 aliphatic heterocycles. The summed E-state index contributed by atoms with van der Waals surface area (Å²) in [7, 11) is 2.28. The molecule has 86 heavy (non-hydrogen) atoms. The second-order valence-corrected chi connectivity index (χ2v) is 26.9. The van der Waals surface area contributed by atoms with Gasteiger partial charge in [0.25, 0.3) is 0 Å². The van der Waals surface area contributed by atoms with E-state index in [0.717, 1.165) is 64.5 Å². The van der Waals surface area contributed by atoms with Crippen molar-refractivity contribution in [2.45, 2.75) is 398 Å². The molecule has 0 aromatic rings. The number of ether oxygens (including phenoxy) is 4. The molecule has 0 amide bonds. The predicted molar refractivity (Wildman–Crippen MR) is 378 cm³/mol. The first-order valence-corrected chi connectivity index (χ1v) is 38.1. The van der Waals surface area contributed by atoms with Crippen LogP contribution in [0.3, 0.4) is 0 Å². The second-order valence-electron chi connectivity index (χ2n) is 26.9. The maximum Gasteiger partial charge on any atom is 0.169 e. The van der Waals surface area contributed by atoms with Crippen molar-refractivity contribution in [2.24, 2.45) is 0 Å². The highest BCUT2D eigenvalue weighted by molar-refractivity contribution is 5.03. The number of rotatable bonds is 60. The minimum Gasteiger partial charge on any atom is -0.343 e. The molecule has 0 aliphatic carbocycles. The number of allylic oxidation sites excluding steroid dienone is 16. The van der Waals surface area contributed by atoms with Crippen LogP contribution >= 0.6 is 0 Å². The monoisotopic (exact) mass is 1190 g/mol. The Hall–Kier alpha value is -2.28. The molecule has 0 aromatic carbocycles. The zero-order valence-electron chi connectivity index (χ0n) is 57.8. The summed E-state index contributed by atoms with van der Waals surface area (Å²) < 4.78 is 29.8. The lowest BCUT2D eigenvalue weighted by atomic mass is 9.98. The first-order valence-electron chi connectivity index (χ1n) is 38.1. The van der Waals surface area contributed by atoms with Gasteiger partial charge in [0.15, 0.2) is 11.6 Å². The lowest BCUT2D eigenvalue weighted by Gasteiger charge is -2.31. The Morgan fingerprint density at radius 2 is 0.453 bits per heavy atom. The van der Waals surface area contributed by atoms with E-state index in [0.29, 0.717) is 0 Å². The van der Waals surface area contributed by atoms with Crippen molar-refractivity contribution in [3.05, 3.63) is 97.2 Å². The number of nitrogens with zero attached hydrogens (tertiary/aromatic N) is 1. The molecule has 496 valence electrons. The quantitative estimate of drug-likeness (QED) is 0.0448. The third-order valence-electron chi connectivity index (χ3n) is 18.5. The number of unbranched alkanes of at least 4 members (excludes halogenated alkanes) is 36. The number of hydrogen-bond donors (Lipinski definition) is 0. The van der Waals surface area contributed by atoms with Crippen LogP contribution in [0.1, 0.15) is 362 Å². The van der Waals surface area contributed by atoms with Crippen molar-refractivity contribution in [1.82, 2.24) is 4.90 Å². The third-order valence-corrected chi connectivity index (χ3v) is 18.5. The van der Waals surface area contributed by atoms with Crippen molar-refractivity contribution in [3.63, 3.8) is 0 Å². The molecule has 3 heterocycles. The molecule has 3 fully saturated rings. The average Bonchev–Trinajstić information content (AvgIpc) is 1.91. The molecule has 5 heteroatoms. The fraction of sp³-hybridized carbons (Fsp3) is 0.802. The van der Waals surface area contributed by atoms with Gasteiger partial charge in [0.05, 0.1) is 0 Å². The Balaban J connectivity index is 1.58. The highest BCUT2D eigenvalue weighted by Gasteiger charge is 2.59. The van der Waals surface area contributed by atoms with Gasteiger partial charge >= 0.3 is 0 Å². The molecular weight excluding hydrogens is 1050 g/mol. The van der Waals surface area contributed by atoms with Crippen molar-refractivity contribution in [1.29, 1.82) is 0 Å². The van der Waals surface area contributed by atoms with E-state index >= 15 is 0 Å². The fourth-order valence-corrected chi connectivity index (χ4v) is 13.2. The van der Waals surface area contributed by atoms with Crippen molar-refractivity contribution in [3.8, 4) is 0 Å². The Labute approximate surface area is 536 Å². The van der Waals surface area contributed by atoms with Gasteiger partial charge in [-0.15, -0.1) is 0 Å². The molecule has 3 aliphatic rings. The minimum absolute atomic E-state index is 0.00678. The normalized spacial score (nSPS) is 22.2. The van der Waals surface area contributed by atoms with Crippen molar-refractivity contribution in [2.75, 3.05) is 20.1 Å². The predicted octanol–water partition coefficient (Wildman–Crippen LogP) is 25.7. The van der Waals surface area contributed by atoms with E-state index in [4.69, 9.17) is 18.9 Å². The number of hydrogen-bond acceptors (Lipinski definition) is 5. The lowest BCUT2D eigenvalue weighted by Crippen LogP contribution is -2.42. The summed E-state index contributed by atoms with van der Waals surface area (Å²) in [6.07, 6.45) is 102. The molecule has 0 radical (unpaired) electrons. The van der Waals surface area contributed by atoms with Gasteiger partial charge in [0.2, 0.25) is 0 Å². The molecule has 0 bridgehead atoms. The Morgan fingerprint density at radius 1 is 0.256 bits per heavy atom. The van der Waals surface area contributed by atoms with E-state index in [1.54, 1.807) is 0 Å². The summed E-state index contributed by atoms with van der Waals surface area (Å²) in [6.45, 7) is 10.9. The van der Waals surface area contributed by atoms with E-state index in [1.165, 1.54) is 283 Å². The molecule has 5 nitrogen and oxygen atoms in total. The first kappa shape index (κ1) is 78.0. The van der Waals surface area contributed by atoms with Crippen LogP contribution in [0.2, 0.25) is 0 Å². The lowest BCUT2D eigenvalue weighted by molar-refractivity contribution is -0.211. The van der Waals surface area contributed by atoms with Crippen LogP contribution in [0.5, 0.6) is 0 Å². The molecule has 3 rings (SSSR count). The topological polar surface area (TPSA) is 40.2 Å². The Kier molecular flexibility index (Phi) is 51.4. The van der Waals surface area contributed by atoms with Gasteiger partial charge in [-0.05, 0) is 161 Å². The Bertz CT molecular complexity index is 1520. The summed E-state index contributed by atoms with van der Waals surface area (Å²) in [5.41, 5.74) is 0. The minimum atomic E-state index is -0.529.